The molecule has 4 N–H and O–H groups in total. The molecular weight excluding hydrogens is 334 g/mol. The van der Waals surface area contributed by atoms with Crippen LogP contribution in [-0.4, -0.2) is 55.8 Å². The Balaban J connectivity index is 1.31. The lowest BCUT2D eigenvalue weighted by Gasteiger charge is -2.35. The third-order valence-electron chi connectivity index (χ3n) is 5.30. The number of nitrogens with zero attached hydrogens (tertiary/aromatic N) is 5. The van der Waals surface area contributed by atoms with E-state index in [4.69, 9.17) is 5.73 Å². The molecule has 3 heterocycles. The largest absolute Gasteiger partial charge is 0.391 e. The number of aromatic nitrogens is 4. The topological polar surface area (TPSA) is 122 Å². The molecule has 0 spiro atoms. The summed E-state index contributed by atoms with van der Waals surface area (Å²) in [6.07, 6.45) is 8.72. The molecule has 4 rings (SSSR count). The molecular formula is C17H23N7O2. The third kappa shape index (κ3) is 3.34. The van der Waals surface area contributed by atoms with Crippen LogP contribution in [0.25, 0.3) is 0 Å². The molecule has 2 atom stereocenters. The van der Waals surface area contributed by atoms with Gasteiger partial charge in [-0.2, -0.15) is 0 Å². The Morgan fingerprint density at radius 1 is 1.35 bits per heavy atom. The van der Waals surface area contributed by atoms with Crippen LogP contribution >= 0.6 is 0 Å². The summed E-state index contributed by atoms with van der Waals surface area (Å²) in [6.45, 7) is 0.954. The van der Waals surface area contributed by atoms with E-state index in [0.717, 1.165) is 12.8 Å². The van der Waals surface area contributed by atoms with E-state index in [1.807, 2.05) is 11.1 Å². The second-order valence-corrected chi connectivity index (χ2v) is 7.07. The molecule has 2 fully saturated rings. The quantitative estimate of drug-likeness (QED) is 0.686. The maximum absolute atomic E-state index is 12.4. The van der Waals surface area contributed by atoms with Gasteiger partial charge in [0.05, 0.1) is 18.5 Å². The number of aliphatic hydroxyl groups excluding tert-OH is 1. The average Bonchev–Trinajstić information content (AvgIpc) is 3.21. The van der Waals surface area contributed by atoms with Crippen LogP contribution in [-0.2, 0) is 4.79 Å². The van der Waals surface area contributed by atoms with Crippen LogP contribution in [0.1, 0.15) is 25.3 Å². The molecule has 2 aromatic heterocycles. The van der Waals surface area contributed by atoms with Crippen molar-refractivity contribution in [1.82, 2.24) is 24.8 Å². The minimum atomic E-state index is -0.442. The SMILES string of the molecule is Nc1cc(N2C[C@H](O)C[C@@H]2CNC(=O)C2CC(n3ccnc3)C2)ncn1. The number of rotatable bonds is 5. The van der Waals surface area contributed by atoms with E-state index in [1.54, 1.807) is 18.6 Å². The molecule has 1 saturated heterocycles. The molecule has 2 aromatic rings. The van der Waals surface area contributed by atoms with Crippen molar-refractivity contribution in [3.05, 3.63) is 31.1 Å². The number of nitrogens with two attached hydrogens (primary N) is 1. The zero-order valence-corrected chi connectivity index (χ0v) is 14.4. The van der Waals surface area contributed by atoms with Gasteiger partial charge in [0.1, 0.15) is 18.0 Å². The number of anilines is 2. The van der Waals surface area contributed by atoms with Crippen LogP contribution in [0.15, 0.2) is 31.1 Å². The number of nitrogens with one attached hydrogen (secondary N) is 1. The summed E-state index contributed by atoms with van der Waals surface area (Å²) in [7, 11) is 0. The maximum Gasteiger partial charge on any atom is 0.223 e. The predicted molar refractivity (Wildman–Crippen MR) is 95.2 cm³/mol. The fourth-order valence-electron chi connectivity index (χ4n) is 3.78. The number of amides is 1. The van der Waals surface area contributed by atoms with E-state index >= 15 is 0 Å². The minimum Gasteiger partial charge on any atom is -0.391 e. The lowest BCUT2D eigenvalue weighted by molar-refractivity contribution is -0.128. The Morgan fingerprint density at radius 2 is 2.19 bits per heavy atom. The molecule has 1 aliphatic carbocycles. The first-order valence-electron chi connectivity index (χ1n) is 8.87. The fraction of sp³-hybridized carbons (Fsp3) is 0.529. The fourth-order valence-corrected chi connectivity index (χ4v) is 3.78. The highest BCUT2D eigenvalue weighted by Gasteiger charge is 2.37. The van der Waals surface area contributed by atoms with Crippen LogP contribution in [0.2, 0.25) is 0 Å². The van der Waals surface area contributed by atoms with Crippen LogP contribution in [0.4, 0.5) is 11.6 Å². The zero-order chi connectivity index (χ0) is 18.1. The van der Waals surface area contributed by atoms with Crippen LogP contribution in [0.3, 0.4) is 0 Å². The van der Waals surface area contributed by atoms with E-state index in [0.29, 0.717) is 37.2 Å². The van der Waals surface area contributed by atoms with Crippen molar-refractivity contribution >= 4 is 17.5 Å². The van der Waals surface area contributed by atoms with Crippen molar-refractivity contribution in [2.45, 2.75) is 37.5 Å². The minimum absolute atomic E-state index is 0.00669. The summed E-state index contributed by atoms with van der Waals surface area (Å²) in [5.41, 5.74) is 5.73. The lowest BCUT2D eigenvalue weighted by atomic mass is 9.79. The number of hydrogen-bond donors (Lipinski definition) is 3. The van der Waals surface area contributed by atoms with Gasteiger partial charge in [-0.05, 0) is 19.3 Å². The number of carbonyl (C=O) groups is 1. The highest BCUT2D eigenvalue weighted by Crippen LogP contribution is 2.37. The molecule has 2 aliphatic rings. The van der Waals surface area contributed by atoms with Gasteiger partial charge in [-0.3, -0.25) is 4.79 Å². The number of β-amino-alcohol motifs (C(OH)–C–C–N with tert-alkyl or cyclic N) is 1. The number of aliphatic hydroxyl groups is 1. The molecule has 1 aliphatic heterocycles. The first-order chi connectivity index (χ1) is 12.6. The summed E-state index contributed by atoms with van der Waals surface area (Å²) in [4.78, 5) is 26.6. The van der Waals surface area contributed by atoms with Gasteiger partial charge in [0.25, 0.3) is 0 Å². The molecule has 26 heavy (non-hydrogen) atoms. The van der Waals surface area contributed by atoms with Crippen LogP contribution in [0.5, 0.6) is 0 Å². The van der Waals surface area contributed by atoms with E-state index in [2.05, 4.69) is 24.8 Å². The van der Waals surface area contributed by atoms with E-state index in [1.165, 1.54) is 6.33 Å². The van der Waals surface area contributed by atoms with Crippen molar-refractivity contribution in [3.63, 3.8) is 0 Å². The summed E-state index contributed by atoms with van der Waals surface area (Å²) in [5, 5.41) is 13.1. The molecule has 138 valence electrons. The van der Waals surface area contributed by atoms with Gasteiger partial charge in [-0.15, -0.1) is 0 Å². The number of imidazole rings is 1. The van der Waals surface area contributed by atoms with Crippen molar-refractivity contribution in [1.29, 1.82) is 0 Å². The molecule has 0 aromatic carbocycles. The molecule has 9 nitrogen and oxygen atoms in total. The van der Waals surface area contributed by atoms with Crippen molar-refractivity contribution < 1.29 is 9.90 Å². The van der Waals surface area contributed by atoms with Crippen molar-refractivity contribution in [3.8, 4) is 0 Å². The molecule has 1 saturated carbocycles. The van der Waals surface area contributed by atoms with Gasteiger partial charge in [0, 0.05) is 43.5 Å². The third-order valence-corrected chi connectivity index (χ3v) is 5.30. The first-order valence-corrected chi connectivity index (χ1v) is 8.87. The second-order valence-electron chi connectivity index (χ2n) is 7.07. The maximum atomic E-state index is 12.4. The van der Waals surface area contributed by atoms with Gasteiger partial charge < -0.3 is 25.6 Å². The van der Waals surface area contributed by atoms with Crippen molar-refractivity contribution in [2.24, 2.45) is 5.92 Å². The van der Waals surface area contributed by atoms with Gasteiger partial charge >= 0.3 is 0 Å². The van der Waals surface area contributed by atoms with Crippen LogP contribution in [0, 0.1) is 5.92 Å². The lowest BCUT2D eigenvalue weighted by Crippen LogP contribution is -2.45. The Hall–Kier alpha value is -2.68. The first kappa shape index (κ1) is 16.8. The predicted octanol–water partition coefficient (Wildman–Crippen LogP) is -0.0376. The average molecular weight is 357 g/mol. The molecule has 0 unspecified atom stereocenters. The van der Waals surface area contributed by atoms with Crippen LogP contribution < -0.4 is 16.0 Å². The number of nitrogen functional groups attached to an aromatic ring is 1. The second kappa shape index (κ2) is 6.91. The summed E-state index contributed by atoms with van der Waals surface area (Å²) in [6, 6.07) is 2.05. The Morgan fingerprint density at radius 3 is 2.92 bits per heavy atom. The highest BCUT2D eigenvalue weighted by atomic mass is 16.3. The Bertz CT molecular complexity index is 760. The Kier molecular flexibility index (Phi) is 4.46. The highest BCUT2D eigenvalue weighted by molar-refractivity contribution is 5.79. The van der Waals surface area contributed by atoms with E-state index in [-0.39, 0.29) is 17.9 Å². The summed E-state index contributed by atoms with van der Waals surface area (Å²) >= 11 is 0. The van der Waals surface area contributed by atoms with Crippen molar-refractivity contribution in [2.75, 3.05) is 23.7 Å². The summed E-state index contributed by atoms with van der Waals surface area (Å²) < 4.78 is 2.05. The normalized spacial score (nSPS) is 28.0. The van der Waals surface area contributed by atoms with E-state index in [9.17, 15) is 9.90 Å². The smallest absolute Gasteiger partial charge is 0.223 e. The molecule has 0 radical (unpaired) electrons. The van der Waals surface area contributed by atoms with Gasteiger partial charge in [0.2, 0.25) is 5.91 Å². The molecule has 9 heteroatoms. The number of hydrogen-bond acceptors (Lipinski definition) is 7. The monoisotopic (exact) mass is 357 g/mol. The summed E-state index contributed by atoms with van der Waals surface area (Å²) in [5.74, 6) is 1.18. The number of carbonyl (C=O) groups excluding carboxylic acids is 1. The molecule has 0 bridgehead atoms. The Labute approximate surface area is 151 Å². The van der Waals surface area contributed by atoms with E-state index < -0.39 is 6.10 Å². The van der Waals surface area contributed by atoms with Gasteiger partial charge in [0.15, 0.2) is 0 Å². The molecule has 1 amide bonds. The van der Waals surface area contributed by atoms with Gasteiger partial charge in [-0.1, -0.05) is 0 Å². The zero-order valence-electron chi connectivity index (χ0n) is 14.4. The standard InChI is InChI=1S/C17H23N7O2/c18-15-6-16(22-9-21-15)24-8-14(25)5-13(24)7-20-17(26)11-3-12(4-11)23-2-1-19-10-23/h1-2,6,9-14,25H,3-5,7-8H2,(H,20,26)(H2,18,21,22)/t11?,12?,13-,14-/m1/s1. The van der Waals surface area contributed by atoms with Gasteiger partial charge in [-0.25, -0.2) is 15.0 Å².